The van der Waals surface area contributed by atoms with Gasteiger partial charge in [-0.25, -0.2) is 0 Å². The van der Waals surface area contributed by atoms with Gasteiger partial charge in [-0.1, -0.05) is 11.6 Å². The molecule has 0 radical (unpaired) electrons. The summed E-state index contributed by atoms with van der Waals surface area (Å²) in [5.74, 6) is -0.999. The molecule has 16 heavy (non-hydrogen) atoms. The molecular weight excluding hydrogens is 241 g/mol. The van der Waals surface area contributed by atoms with Gasteiger partial charge in [0.05, 0.1) is 5.02 Å². The van der Waals surface area contributed by atoms with E-state index in [0.717, 1.165) is 11.1 Å². The molecule has 0 bridgehead atoms. The average molecular weight is 251 g/mol. The molecule has 0 aromatic heterocycles. The Morgan fingerprint density at radius 1 is 1.25 bits per heavy atom. The van der Waals surface area contributed by atoms with E-state index in [2.05, 4.69) is 0 Å². The first-order valence-corrected chi connectivity index (χ1v) is 4.95. The SMILES string of the molecule is Cc1cc(Cl)c(C(=O)CC(F)(F)F)cc1C. The van der Waals surface area contributed by atoms with Gasteiger partial charge in [0.1, 0.15) is 6.42 Å². The summed E-state index contributed by atoms with van der Waals surface area (Å²) in [5, 5.41) is 0.0670. The van der Waals surface area contributed by atoms with E-state index >= 15 is 0 Å². The number of carbonyl (C=O) groups excluding carboxylic acids is 1. The summed E-state index contributed by atoms with van der Waals surface area (Å²) in [7, 11) is 0. The maximum atomic E-state index is 12.0. The number of Topliss-reactive ketones (excluding diaryl/α,β-unsaturated/α-hetero) is 1. The number of aryl methyl sites for hydroxylation is 2. The predicted molar refractivity (Wildman–Crippen MR) is 55.9 cm³/mol. The van der Waals surface area contributed by atoms with E-state index < -0.39 is 18.4 Å². The lowest BCUT2D eigenvalue weighted by Crippen LogP contribution is -2.15. The van der Waals surface area contributed by atoms with Crippen LogP contribution in [-0.4, -0.2) is 12.0 Å². The lowest BCUT2D eigenvalue weighted by molar-refractivity contribution is -0.125. The normalized spacial score (nSPS) is 11.6. The van der Waals surface area contributed by atoms with Crippen molar-refractivity contribution in [1.82, 2.24) is 0 Å². The number of ketones is 1. The van der Waals surface area contributed by atoms with E-state index in [0.29, 0.717) is 0 Å². The highest BCUT2D eigenvalue weighted by atomic mass is 35.5. The first kappa shape index (κ1) is 13.0. The molecule has 0 saturated carbocycles. The summed E-state index contributed by atoms with van der Waals surface area (Å²) in [4.78, 5) is 11.3. The van der Waals surface area contributed by atoms with Crippen molar-refractivity contribution in [3.63, 3.8) is 0 Å². The monoisotopic (exact) mass is 250 g/mol. The molecule has 0 atom stereocenters. The minimum absolute atomic E-state index is 0.0670. The first-order valence-electron chi connectivity index (χ1n) is 4.57. The minimum Gasteiger partial charge on any atom is -0.294 e. The quantitative estimate of drug-likeness (QED) is 0.723. The van der Waals surface area contributed by atoms with Crippen molar-refractivity contribution in [2.45, 2.75) is 26.4 Å². The molecule has 1 rings (SSSR count). The molecule has 88 valence electrons. The van der Waals surface area contributed by atoms with Crippen molar-refractivity contribution in [1.29, 1.82) is 0 Å². The zero-order chi connectivity index (χ0) is 12.5. The van der Waals surface area contributed by atoms with Crippen LogP contribution >= 0.6 is 11.6 Å². The molecule has 0 aliphatic rings. The van der Waals surface area contributed by atoms with Gasteiger partial charge < -0.3 is 0 Å². The van der Waals surface area contributed by atoms with Gasteiger partial charge in [0.2, 0.25) is 0 Å². The summed E-state index contributed by atoms with van der Waals surface area (Å²) < 4.78 is 36.1. The fourth-order valence-corrected chi connectivity index (χ4v) is 1.60. The summed E-state index contributed by atoms with van der Waals surface area (Å²) >= 11 is 5.74. The highest BCUT2D eigenvalue weighted by Crippen LogP contribution is 2.27. The van der Waals surface area contributed by atoms with Crippen molar-refractivity contribution < 1.29 is 18.0 Å². The number of rotatable bonds is 2. The van der Waals surface area contributed by atoms with Crippen LogP contribution in [0.1, 0.15) is 27.9 Å². The number of hydrogen-bond donors (Lipinski definition) is 0. The summed E-state index contributed by atoms with van der Waals surface area (Å²) in [6.45, 7) is 3.50. The van der Waals surface area contributed by atoms with Crippen LogP contribution in [0.2, 0.25) is 5.02 Å². The van der Waals surface area contributed by atoms with E-state index in [1.54, 1.807) is 13.8 Å². The van der Waals surface area contributed by atoms with Gasteiger partial charge in [-0.05, 0) is 37.1 Å². The number of carbonyl (C=O) groups is 1. The molecular formula is C11H10ClF3O. The summed E-state index contributed by atoms with van der Waals surface area (Å²) in [5.41, 5.74) is 1.52. The maximum Gasteiger partial charge on any atom is 0.396 e. The third-order valence-corrected chi connectivity index (χ3v) is 2.56. The molecule has 1 aromatic carbocycles. The molecule has 0 aliphatic carbocycles. The fraction of sp³-hybridized carbons (Fsp3) is 0.364. The van der Waals surface area contributed by atoms with Gasteiger partial charge in [0.25, 0.3) is 0 Å². The Balaban J connectivity index is 3.05. The van der Waals surface area contributed by atoms with Crippen molar-refractivity contribution in [3.8, 4) is 0 Å². The standard InChI is InChI=1S/C11H10ClF3O/c1-6-3-8(9(12)4-7(6)2)10(16)5-11(13,14)15/h3-4H,5H2,1-2H3. The van der Waals surface area contributed by atoms with E-state index in [9.17, 15) is 18.0 Å². The van der Waals surface area contributed by atoms with Crippen LogP contribution in [0, 0.1) is 13.8 Å². The zero-order valence-corrected chi connectivity index (χ0v) is 9.54. The first-order chi connectivity index (χ1) is 7.20. The Hall–Kier alpha value is -1.03. The highest BCUT2D eigenvalue weighted by molar-refractivity contribution is 6.34. The summed E-state index contributed by atoms with van der Waals surface area (Å²) in [6, 6.07) is 2.90. The molecule has 0 N–H and O–H groups in total. The molecule has 0 unspecified atom stereocenters. The minimum atomic E-state index is -4.50. The molecule has 1 nitrogen and oxygen atoms in total. The second-order valence-corrected chi connectivity index (χ2v) is 4.04. The zero-order valence-electron chi connectivity index (χ0n) is 8.78. The van der Waals surface area contributed by atoms with E-state index in [-0.39, 0.29) is 10.6 Å². The molecule has 0 fully saturated rings. The maximum absolute atomic E-state index is 12.0. The van der Waals surface area contributed by atoms with Gasteiger partial charge in [-0.3, -0.25) is 4.79 Å². The Kier molecular flexibility index (Phi) is 3.63. The number of alkyl halides is 3. The molecule has 0 aliphatic heterocycles. The predicted octanol–water partition coefficient (Wildman–Crippen LogP) is 4.09. The summed E-state index contributed by atoms with van der Waals surface area (Å²) in [6.07, 6.45) is -5.98. The molecule has 0 spiro atoms. The van der Waals surface area contributed by atoms with Crippen LogP contribution in [0.3, 0.4) is 0 Å². The van der Waals surface area contributed by atoms with E-state index in [4.69, 9.17) is 11.6 Å². The van der Waals surface area contributed by atoms with Crippen molar-refractivity contribution in [3.05, 3.63) is 33.8 Å². The van der Waals surface area contributed by atoms with Gasteiger partial charge in [-0.15, -0.1) is 0 Å². The van der Waals surface area contributed by atoms with Crippen molar-refractivity contribution >= 4 is 17.4 Å². The lowest BCUT2D eigenvalue weighted by Gasteiger charge is -2.09. The average Bonchev–Trinajstić information content (AvgIpc) is 2.08. The van der Waals surface area contributed by atoms with Crippen LogP contribution in [0.25, 0.3) is 0 Å². The number of hydrogen-bond acceptors (Lipinski definition) is 1. The van der Waals surface area contributed by atoms with E-state index in [1.807, 2.05) is 0 Å². The molecule has 0 saturated heterocycles. The lowest BCUT2D eigenvalue weighted by atomic mass is 10.0. The smallest absolute Gasteiger partial charge is 0.294 e. The van der Waals surface area contributed by atoms with Crippen LogP contribution in [0.5, 0.6) is 0 Å². The second-order valence-electron chi connectivity index (χ2n) is 3.63. The van der Waals surface area contributed by atoms with Crippen LogP contribution in [0.4, 0.5) is 13.2 Å². The van der Waals surface area contributed by atoms with Crippen LogP contribution in [-0.2, 0) is 0 Å². The third-order valence-electron chi connectivity index (χ3n) is 2.24. The Morgan fingerprint density at radius 3 is 2.25 bits per heavy atom. The number of halogens is 4. The Bertz CT molecular complexity index is 424. The molecule has 1 aromatic rings. The van der Waals surface area contributed by atoms with Gasteiger partial charge in [0, 0.05) is 5.56 Å². The Labute approximate surface area is 96.2 Å². The second kappa shape index (κ2) is 4.45. The van der Waals surface area contributed by atoms with Gasteiger partial charge in [0.15, 0.2) is 5.78 Å². The van der Waals surface area contributed by atoms with E-state index in [1.165, 1.54) is 12.1 Å². The van der Waals surface area contributed by atoms with Crippen LogP contribution in [0.15, 0.2) is 12.1 Å². The van der Waals surface area contributed by atoms with Crippen LogP contribution < -0.4 is 0 Å². The van der Waals surface area contributed by atoms with Crippen molar-refractivity contribution in [2.75, 3.05) is 0 Å². The van der Waals surface area contributed by atoms with Gasteiger partial charge >= 0.3 is 6.18 Å². The largest absolute Gasteiger partial charge is 0.396 e. The molecule has 5 heteroatoms. The van der Waals surface area contributed by atoms with Gasteiger partial charge in [-0.2, -0.15) is 13.2 Å². The fourth-order valence-electron chi connectivity index (χ4n) is 1.27. The number of benzene rings is 1. The highest BCUT2D eigenvalue weighted by Gasteiger charge is 2.32. The van der Waals surface area contributed by atoms with Crippen molar-refractivity contribution in [2.24, 2.45) is 0 Å². The third kappa shape index (κ3) is 3.23. The molecule has 0 amide bonds. The molecule has 0 heterocycles. The Morgan fingerprint density at radius 2 is 1.75 bits per heavy atom. The topological polar surface area (TPSA) is 17.1 Å².